The molecule has 0 radical (unpaired) electrons. The number of aromatic nitrogens is 2. The summed E-state index contributed by atoms with van der Waals surface area (Å²) < 4.78 is 1.23. The van der Waals surface area contributed by atoms with Crippen molar-refractivity contribution in [1.29, 1.82) is 0 Å². The maximum atomic E-state index is 12.6. The minimum atomic E-state index is -0.338. The Morgan fingerprint density at radius 2 is 1.77 bits per heavy atom. The van der Waals surface area contributed by atoms with Crippen molar-refractivity contribution in [3.63, 3.8) is 0 Å². The number of hydrogen-bond acceptors (Lipinski definition) is 3. The first-order valence-electron chi connectivity index (χ1n) is 7.07. The molecule has 5 nitrogen and oxygen atoms in total. The second-order valence-corrected chi connectivity index (χ2v) is 4.85. The van der Waals surface area contributed by atoms with Crippen LogP contribution in [0.5, 0.6) is 0 Å². The fourth-order valence-corrected chi connectivity index (χ4v) is 2.29. The maximum Gasteiger partial charge on any atom is 0.280 e. The Morgan fingerprint density at radius 3 is 2.50 bits per heavy atom. The molecule has 0 fully saturated rings. The van der Waals surface area contributed by atoms with Gasteiger partial charge in [0.05, 0.1) is 10.9 Å². The van der Waals surface area contributed by atoms with Crippen molar-refractivity contribution in [2.24, 2.45) is 0 Å². The Morgan fingerprint density at radius 1 is 1.09 bits per heavy atom. The van der Waals surface area contributed by atoms with Gasteiger partial charge in [-0.2, -0.15) is 0 Å². The molecule has 1 aromatic heterocycles. The Labute approximate surface area is 127 Å². The summed E-state index contributed by atoms with van der Waals surface area (Å²) in [5.74, 6) is 0.183. The number of carbonyl (C=O) groups is 1. The zero-order valence-corrected chi connectivity index (χ0v) is 12.1. The van der Waals surface area contributed by atoms with Crippen LogP contribution in [0, 0.1) is 0 Å². The molecule has 1 amide bonds. The van der Waals surface area contributed by atoms with Crippen LogP contribution >= 0.6 is 0 Å². The third-order valence-electron chi connectivity index (χ3n) is 3.41. The van der Waals surface area contributed by atoms with Crippen molar-refractivity contribution in [3.05, 3.63) is 76.3 Å². The molecule has 0 aliphatic carbocycles. The molecule has 0 unspecified atom stereocenters. The van der Waals surface area contributed by atoms with Gasteiger partial charge in [0, 0.05) is 12.0 Å². The molecule has 0 saturated carbocycles. The monoisotopic (exact) mass is 293 g/mol. The number of amides is 1. The second-order valence-electron chi connectivity index (χ2n) is 4.85. The first-order chi connectivity index (χ1) is 10.7. The topological polar surface area (TPSA) is 64.0 Å². The Kier molecular flexibility index (Phi) is 3.70. The van der Waals surface area contributed by atoms with Gasteiger partial charge >= 0.3 is 0 Å². The molecule has 1 N–H and O–H groups in total. The van der Waals surface area contributed by atoms with Gasteiger partial charge in [0.25, 0.3) is 11.5 Å². The number of fused-ring (bicyclic) bond motifs is 1. The summed E-state index contributed by atoms with van der Waals surface area (Å²) in [6, 6.07) is 15.9. The molecular formula is C17H15N3O2. The fraction of sp³-hybridized carbons (Fsp3) is 0.118. The summed E-state index contributed by atoms with van der Waals surface area (Å²) >= 11 is 0. The number of benzene rings is 2. The zero-order valence-electron chi connectivity index (χ0n) is 12.1. The van der Waals surface area contributed by atoms with E-state index in [2.05, 4.69) is 10.4 Å². The molecule has 2 aromatic carbocycles. The molecule has 3 rings (SSSR count). The van der Waals surface area contributed by atoms with E-state index < -0.39 is 0 Å². The third-order valence-corrected chi connectivity index (χ3v) is 3.41. The van der Waals surface area contributed by atoms with E-state index in [0.717, 1.165) is 0 Å². The van der Waals surface area contributed by atoms with Crippen LogP contribution in [-0.4, -0.2) is 15.6 Å². The van der Waals surface area contributed by atoms with Crippen LogP contribution in [0.15, 0.2) is 59.4 Å². The predicted octanol–water partition coefficient (Wildman–Crippen LogP) is 2.34. The predicted molar refractivity (Wildman–Crippen MR) is 85.5 cm³/mol. The van der Waals surface area contributed by atoms with Crippen LogP contribution in [0.2, 0.25) is 0 Å². The normalized spacial score (nSPS) is 10.6. The van der Waals surface area contributed by atoms with Crippen LogP contribution in [0.4, 0.5) is 0 Å². The van der Waals surface area contributed by atoms with Crippen LogP contribution in [-0.2, 0) is 6.42 Å². The summed E-state index contributed by atoms with van der Waals surface area (Å²) in [4.78, 5) is 29.3. The summed E-state index contributed by atoms with van der Waals surface area (Å²) in [7, 11) is 0. The van der Waals surface area contributed by atoms with Gasteiger partial charge in [-0.1, -0.05) is 37.3 Å². The first-order valence-corrected chi connectivity index (χ1v) is 7.07. The lowest BCUT2D eigenvalue weighted by Crippen LogP contribution is -2.36. The summed E-state index contributed by atoms with van der Waals surface area (Å²) in [6.45, 7) is 1.89. The molecule has 0 spiro atoms. The molecule has 110 valence electrons. The molecule has 22 heavy (non-hydrogen) atoms. The van der Waals surface area contributed by atoms with Crippen molar-refractivity contribution in [2.45, 2.75) is 13.3 Å². The Balaban J connectivity index is 2.08. The van der Waals surface area contributed by atoms with E-state index in [4.69, 9.17) is 0 Å². The van der Waals surface area contributed by atoms with Crippen molar-refractivity contribution in [1.82, 2.24) is 9.66 Å². The van der Waals surface area contributed by atoms with E-state index in [0.29, 0.717) is 28.7 Å². The average molecular weight is 293 g/mol. The van der Waals surface area contributed by atoms with Crippen molar-refractivity contribution < 1.29 is 4.79 Å². The van der Waals surface area contributed by atoms with Crippen molar-refractivity contribution >= 4 is 16.8 Å². The van der Waals surface area contributed by atoms with Crippen molar-refractivity contribution in [2.75, 3.05) is 5.43 Å². The van der Waals surface area contributed by atoms with E-state index in [1.807, 2.05) is 19.1 Å². The van der Waals surface area contributed by atoms with E-state index in [1.54, 1.807) is 42.5 Å². The lowest BCUT2D eigenvalue weighted by atomic mass is 10.2. The highest BCUT2D eigenvalue weighted by atomic mass is 16.2. The van der Waals surface area contributed by atoms with E-state index in [1.165, 1.54) is 4.68 Å². The molecule has 0 saturated heterocycles. The molecule has 0 atom stereocenters. The highest BCUT2D eigenvalue weighted by molar-refractivity contribution is 6.00. The largest absolute Gasteiger partial charge is 0.280 e. The van der Waals surface area contributed by atoms with Gasteiger partial charge in [-0.3, -0.25) is 15.0 Å². The van der Waals surface area contributed by atoms with Gasteiger partial charge < -0.3 is 0 Å². The van der Waals surface area contributed by atoms with Crippen LogP contribution in [0.3, 0.4) is 0 Å². The van der Waals surface area contributed by atoms with Gasteiger partial charge in [-0.25, -0.2) is 9.66 Å². The number of para-hydroxylation sites is 1. The molecule has 1 heterocycles. The van der Waals surface area contributed by atoms with E-state index >= 15 is 0 Å². The average Bonchev–Trinajstić information content (AvgIpc) is 2.58. The highest BCUT2D eigenvalue weighted by Gasteiger charge is 2.12. The van der Waals surface area contributed by atoms with Gasteiger partial charge in [0.2, 0.25) is 0 Å². The van der Waals surface area contributed by atoms with Crippen LogP contribution in [0.25, 0.3) is 10.9 Å². The number of aryl methyl sites for hydroxylation is 1. The number of carbonyl (C=O) groups excluding carboxylic acids is 1. The first kappa shape index (κ1) is 14.0. The highest BCUT2D eigenvalue weighted by Crippen LogP contribution is 2.08. The SMILES string of the molecule is CCc1nc2ccccc2c(=O)n1NC(=O)c1ccccc1. The van der Waals surface area contributed by atoms with Gasteiger partial charge in [-0.15, -0.1) is 0 Å². The number of hydrogen-bond donors (Lipinski definition) is 1. The van der Waals surface area contributed by atoms with Crippen molar-refractivity contribution in [3.8, 4) is 0 Å². The summed E-state index contributed by atoms with van der Waals surface area (Å²) in [5.41, 5.74) is 3.49. The quantitative estimate of drug-likeness (QED) is 0.806. The maximum absolute atomic E-state index is 12.6. The van der Waals surface area contributed by atoms with Gasteiger partial charge in [-0.05, 0) is 24.3 Å². The zero-order chi connectivity index (χ0) is 15.5. The van der Waals surface area contributed by atoms with Gasteiger partial charge in [0.1, 0.15) is 5.82 Å². The molecular weight excluding hydrogens is 278 g/mol. The summed E-state index contributed by atoms with van der Waals surface area (Å²) in [6.07, 6.45) is 0.537. The minimum absolute atomic E-state index is 0.272. The van der Waals surface area contributed by atoms with Gasteiger partial charge in [0.15, 0.2) is 0 Å². The molecule has 3 aromatic rings. The molecule has 5 heteroatoms. The molecule has 0 aliphatic rings. The fourth-order valence-electron chi connectivity index (χ4n) is 2.29. The van der Waals surface area contributed by atoms with E-state index in [9.17, 15) is 9.59 Å². The lowest BCUT2D eigenvalue weighted by Gasteiger charge is -2.13. The van der Waals surface area contributed by atoms with Crippen LogP contribution in [0.1, 0.15) is 23.1 Å². The number of nitrogens with one attached hydrogen (secondary N) is 1. The smallest absolute Gasteiger partial charge is 0.267 e. The third kappa shape index (κ3) is 2.48. The Hall–Kier alpha value is -2.95. The number of rotatable bonds is 3. The van der Waals surface area contributed by atoms with Crippen LogP contribution < -0.4 is 11.0 Å². The molecule has 0 bridgehead atoms. The lowest BCUT2D eigenvalue weighted by molar-refractivity contribution is 0.101. The Bertz CT molecular complexity index is 885. The number of nitrogens with zero attached hydrogens (tertiary/aromatic N) is 2. The van der Waals surface area contributed by atoms with E-state index in [-0.39, 0.29) is 11.5 Å². The standard InChI is InChI=1S/C17H15N3O2/c1-2-15-18-14-11-7-6-10-13(14)17(22)20(15)19-16(21)12-8-4-3-5-9-12/h3-11H,2H2,1H3,(H,19,21). The summed E-state index contributed by atoms with van der Waals surface area (Å²) in [5, 5.41) is 0.480. The second kappa shape index (κ2) is 5.81. The minimum Gasteiger partial charge on any atom is -0.267 e. The molecule has 0 aliphatic heterocycles.